The number of aryl methyl sites for hydroxylation is 1. The highest BCUT2D eigenvalue weighted by atomic mass is 16.1. The first-order chi connectivity index (χ1) is 13.1. The lowest BCUT2D eigenvalue weighted by molar-refractivity contribution is 0.100. The Morgan fingerprint density at radius 1 is 1.04 bits per heavy atom. The second-order valence-electron chi connectivity index (χ2n) is 6.10. The molecular weight excluding hydrogens is 336 g/mol. The van der Waals surface area contributed by atoms with Crippen molar-refractivity contribution in [1.29, 1.82) is 0 Å². The Hall–Kier alpha value is -3.91. The SMILES string of the molecule is Cc1ccc(C(N)=O)c(-c2ccccc2)c1C#Cc1cnc2cccnn12. The van der Waals surface area contributed by atoms with Gasteiger partial charge >= 0.3 is 0 Å². The number of aromatic nitrogens is 3. The average molecular weight is 352 g/mol. The van der Waals surface area contributed by atoms with Gasteiger partial charge in [-0.15, -0.1) is 0 Å². The third-order valence-corrected chi connectivity index (χ3v) is 4.33. The van der Waals surface area contributed by atoms with Crippen LogP contribution in [-0.4, -0.2) is 20.5 Å². The van der Waals surface area contributed by atoms with Gasteiger partial charge in [0.2, 0.25) is 5.91 Å². The van der Waals surface area contributed by atoms with Gasteiger partial charge in [0.25, 0.3) is 0 Å². The Kier molecular flexibility index (Phi) is 4.15. The molecule has 5 nitrogen and oxygen atoms in total. The lowest BCUT2D eigenvalue weighted by Crippen LogP contribution is -2.13. The smallest absolute Gasteiger partial charge is 0.249 e. The van der Waals surface area contributed by atoms with Crippen molar-refractivity contribution in [2.75, 3.05) is 0 Å². The summed E-state index contributed by atoms with van der Waals surface area (Å²) >= 11 is 0. The van der Waals surface area contributed by atoms with E-state index in [-0.39, 0.29) is 0 Å². The Balaban J connectivity index is 1.94. The fraction of sp³-hybridized carbons (Fsp3) is 0.0455. The number of nitrogens with two attached hydrogens (primary N) is 1. The van der Waals surface area contributed by atoms with E-state index in [0.717, 1.165) is 27.9 Å². The fourth-order valence-electron chi connectivity index (χ4n) is 3.02. The normalized spacial score (nSPS) is 10.4. The molecule has 4 rings (SSSR count). The molecule has 0 bridgehead atoms. The molecule has 0 spiro atoms. The molecule has 4 aromatic rings. The van der Waals surface area contributed by atoms with Crippen LogP contribution in [-0.2, 0) is 0 Å². The molecule has 2 aromatic heterocycles. The van der Waals surface area contributed by atoms with E-state index in [1.165, 1.54) is 0 Å². The van der Waals surface area contributed by atoms with Crippen LogP contribution in [0.3, 0.4) is 0 Å². The third-order valence-electron chi connectivity index (χ3n) is 4.33. The molecule has 5 heteroatoms. The molecule has 27 heavy (non-hydrogen) atoms. The van der Waals surface area contributed by atoms with Gasteiger partial charge < -0.3 is 5.73 Å². The zero-order valence-electron chi connectivity index (χ0n) is 14.7. The van der Waals surface area contributed by atoms with Gasteiger partial charge in [-0.2, -0.15) is 5.10 Å². The van der Waals surface area contributed by atoms with E-state index in [4.69, 9.17) is 5.73 Å². The molecule has 0 aliphatic carbocycles. The van der Waals surface area contributed by atoms with Crippen LogP contribution in [0.2, 0.25) is 0 Å². The second kappa shape index (κ2) is 6.77. The van der Waals surface area contributed by atoms with Crippen LogP contribution >= 0.6 is 0 Å². The van der Waals surface area contributed by atoms with Gasteiger partial charge in [0.05, 0.1) is 6.20 Å². The molecule has 0 atom stereocenters. The molecule has 0 aliphatic heterocycles. The van der Waals surface area contributed by atoms with E-state index in [2.05, 4.69) is 21.9 Å². The number of rotatable bonds is 2. The van der Waals surface area contributed by atoms with Gasteiger partial charge in [0, 0.05) is 22.9 Å². The summed E-state index contributed by atoms with van der Waals surface area (Å²) in [5, 5.41) is 4.28. The number of amides is 1. The van der Waals surface area contributed by atoms with Crippen molar-refractivity contribution >= 4 is 11.6 Å². The summed E-state index contributed by atoms with van der Waals surface area (Å²) in [5.74, 6) is 5.87. The van der Waals surface area contributed by atoms with Crippen molar-refractivity contribution in [3.8, 4) is 23.0 Å². The number of nitrogens with zero attached hydrogens (tertiary/aromatic N) is 3. The van der Waals surface area contributed by atoms with E-state index in [1.54, 1.807) is 23.0 Å². The Bertz CT molecular complexity index is 1210. The van der Waals surface area contributed by atoms with Crippen molar-refractivity contribution in [1.82, 2.24) is 14.6 Å². The van der Waals surface area contributed by atoms with Crippen LogP contribution in [0.25, 0.3) is 16.8 Å². The molecule has 0 saturated carbocycles. The first kappa shape index (κ1) is 16.6. The maximum atomic E-state index is 12.0. The molecular formula is C22H16N4O. The van der Waals surface area contributed by atoms with Crippen LogP contribution in [0, 0.1) is 18.8 Å². The first-order valence-electron chi connectivity index (χ1n) is 8.45. The highest BCUT2D eigenvalue weighted by Crippen LogP contribution is 2.29. The number of carbonyl (C=O) groups excluding carboxylic acids is 1. The van der Waals surface area contributed by atoms with Crippen LogP contribution in [0.15, 0.2) is 67.0 Å². The van der Waals surface area contributed by atoms with E-state index < -0.39 is 5.91 Å². The minimum atomic E-state index is -0.478. The van der Waals surface area contributed by atoms with Crippen LogP contribution in [0.5, 0.6) is 0 Å². The average Bonchev–Trinajstić information content (AvgIpc) is 3.10. The molecule has 2 N–H and O–H groups in total. The van der Waals surface area contributed by atoms with Gasteiger partial charge in [-0.1, -0.05) is 42.3 Å². The molecule has 130 valence electrons. The van der Waals surface area contributed by atoms with Crippen molar-refractivity contribution in [3.63, 3.8) is 0 Å². The Labute approximate surface area is 156 Å². The van der Waals surface area contributed by atoms with Gasteiger partial charge in [0.15, 0.2) is 5.65 Å². The summed E-state index contributed by atoms with van der Waals surface area (Å²) in [4.78, 5) is 16.3. The zero-order valence-corrected chi connectivity index (χ0v) is 14.7. The first-order valence-corrected chi connectivity index (χ1v) is 8.45. The number of hydrogen-bond acceptors (Lipinski definition) is 3. The minimum Gasteiger partial charge on any atom is -0.366 e. The van der Waals surface area contributed by atoms with Crippen molar-refractivity contribution in [2.24, 2.45) is 5.73 Å². The lowest BCUT2D eigenvalue weighted by Gasteiger charge is -2.12. The van der Waals surface area contributed by atoms with E-state index in [1.807, 2.05) is 55.5 Å². The molecule has 0 aliphatic rings. The monoisotopic (exact) mass is 352 g/mol. The molecule has 0 radical (unpaired) electrons. The van der Waals surface area contributed by atoms with E-state index >= 15 is 0 Å². The summed E-state index contributed by atoms with van der Waals surface area (Å²) in [5.41, 5.74) is 10.9. The number of hydrogen-bond donors (Lipinski definition) is 1. The summed E-state index contributed by atoms with van der Waals surface area (Å²) < 4.78 is 1.68. The second-order valence-corrected chi connectivity index (χ2v) is 6.10. The quantitative estimate of drug-likeness (QED) is 0.563. The number of benzene rings is 2. The van der Waals surface area contributed by atoms with Gasteiger partial charge in [-0.3, -0.25) is 4.79 Å². The van der Waals surface area contributed by atoms with Crippen LogP contribution in [0.4, 0.5) is 0 Å². The van der Waals surface area contributed by atoms with Crippen molar-refractivity contribution in [2.45, 2.75) is 6.92 Å². The predicted molar refractivity (Wildman–Crippen MR) is 104 cm³/mol. The number of primary amides is 1. The standard InChI is InChI=1S/C22H16N4O/c1-15-9-11-19(22(23)27)21(16-6-3-2-4-7-16)18(15)12-10-17-14-24-20-8-5-13-25-26(17)20/h2-9,11,13-14H,1H3,(H2,23,27). The van der Waals surface area contributed by atoms with Gasteiger partial charge in [0.1, 0.15) is 5.69 Å². The number of fused-ring (bicyclic) bond motifs is 1. The minimum absolute atomic E-state index is 0.451. The predicted octanol–water partition coefficient (Wildman–Crippen LogP) is 3.20. The maximum Gasteiger partial charge on any atom is 0.249 e. The van der Waals surface area contributed by atoms with Gasteiger partial charge in [-0.05, 0) is 42.2 Å². The molecule has 2 aromatic carbocycles. The Morgan fingerprint density at radius 2 is 1.85 bits per heavy atom. The number of imidazole rings is 1. The van der Waals surface area contributed by atoms with E-state index in [0.29, 0.717) is 11.3 Å². The summed E-state index contributed by atoms with van der Waals surface area (Å²) in [6.07, 6.45) is 3.37. The molecule has 0 saturated heterocycles. The number of carbonyl (C=O) groups is 1. The summed E-state index contributed by atoms with van der Waals surface area (Å²) in [6.45, 7) is 1.97. The Morgan fingerprint density at radius 3 is 2.63 bits per heavy atom. The van der Waals surface area contributed by atoms with Crippen LogP contribution in [0.1, 0.15) is 27.2 Å². The van der Waals surface area contributed by atoms with Crippen molar-refractivity contribution < 1.29 is 4.79 Å². The lowest BCUT2D eigenvalue weighted by atomic mass is 9.91. The highest BCUT2D eigenvalue weighted by Gasteiger charge is 2.15. The zero-order chi connectivity index (χ0) is 18.8. The van der Waals surface area contributed by atoms with Crippen LogP contribution < -0.4 is 5.73 Å². The van der Waals surface area contributed by atoms with Crippen molar-refractivity contribution in [3.05, 3.63) is 89.4 Å². The molecule has 0 fully saturated rings. The largest absolute Gasteiger partial charge is 0.366 e. The summed E-state index contributed by atoms with van der Waals surface area (Å²) in [6, 6.07) is 17.0. The van der Waals surface area contributed by atoms with Gasteiger partial charge in [-0.25, -0.2) is 9.50 Å². The maximum absolute atomic E-state index is 12.0. The molecule has 0 unspecified atom stereocenters. The van der Waals surface area contributed by atoms with E-state index in [9.17, 15) is 4.79 Å². The molecule has 1 amide bonds. The highest BCUT2D eigenvalue weighted by molar-refractivity contribution is 6.01. The third kappa shape index (κ3) is 3.05. The topological polar surface area (TPSA) is 73.3 Å². The fourth-order valence-corrected chi connectivity index (χ4v) is 3.02. The molecule has 2 heterocycles. The summed E-state index contributed by atoms with van der Waals surface area (Å²) in [7, 11) is 0.